The van der Waals surface area contributed by atoms with Gasteiger partial charge in [0.05, 0.1) is 17.5 Å². The van der Waals surface area contributed by atoms with E-state index in [1.807, 2.05) is 0 Å². The lowest BCUT2D eigenvalue weighted by Crippen LogP contribution is -2.25. The van der Waals surface area contributed by atoms with Crippen molar-refractivity contribution >= 4 is 16.0 Å². The molecule has 0 aliphatic carbocycles. The van der Waals surface area contributed by atoms with Gasteiger partial charge < -0.3 is 5.11 Å². The Hall–Kier alpha value is -2.19. The van der Waals surface area contributed by atoms with Crippen molar-refractivity contribution in [3.63, 3.8) is 0 Å². The molecule has 0 saturated heterocycles. The summed E-state index contributed by atoms with van der Waals surface area (Å²) in [5.41, 5.74) is 2.04. The number of aromatic carboxylic acids is 1. The first kappa shape index (κ1) is 15.2. The molecule has 21 heavy (non-hydrogen) atoms. The zero-order valence-corrected chi connectivity index (χ0v) is 12.1. The lowest BCUT2D eigenvalue weighted by molar-refractivity contribution is 0.0696. The molecule has 0 unspecified atom stereocenters. The van der Waals surface area contributed by atoms with Crippen LogP contribution < -0.4 is 4.72 Å². The van der Waals surface area contributed by atoms with Gasteiger partial charge in [-0.05, 0) is 24.6 Å². The van der Waals surface area contributed by atoms with Crippen LogP contribution in [0, 0.1) is 6.92 Å². The van der Waals surface area contributed by atoms with Crippen LogP contribution in [0.1, 0.15) is 27.2 Å². The van der Waals surface area contributed by atoms with E-state index in [0.29, 0.717) is 5.56 Å². The molecule has 2 aromatic rings. The summed E-state index contributed by atoms with van der Waals surface area (Å²) in [7, 11) is -3.55. The van der Waals surface area contributed by atoms with Gasteiger partial charge in [-0.3, -0.25) is 5.10 Å². The Labute approximate surface area is 122 Å². The van der Waals surface area contributed by atoms with Crippen LogP contribution in [-0.2, 0) is 22.3 Å². The average Bonchev–Trinajstić information content (AvgIpc) is 2.82. The number of H-pyrrole nitrogens is 1. The van der Waals surface area contributed by atoms with Gasteiger partial charge in [0.15, 0.2) is 0 Å². The lowest BCUT2D eigenvalue weighted by Gasteiger charge is -2.07. The summed E-state index contributed by atoms with van der Waals surface area (Å²) in [5.74, 6) is -1.36. The average molecular weight is 309 g/mol. The van der Waals surface area contributed by atoms with Crippen molar-refractivity contribution in [1.29, 1.82) is 0 Å². The largest absolute Gasteiger partial charge is 0.478 e. The summed E-state index contributed by atoms with van der Waals surface area (Å²) in [6.07, 6.45) is 1.56. The molecule has 1 aromatic carbocycles. The molecule has 0 bridgehead atoms. The monoisotopic (exact) mass is 309 g/mol. The zero-order chi connectivity index (χ0) is 15.5. The van der Waals surface area contributed by atoms with E-state index in [1.165, 1.54) is 18.2 Å². The van der Waals surface area contributed by atoms with Gasteiger partial charge in [-0.2, -0.15) is 5.10 Å². The maximum atomic E-state index is 12.0. The van der Waals surface area contributed by atoms with E-state index in [-0.39, 0.29) is 17.9 Å². The minimum atomic E-state index is -3.55. The molecular formula is C13H15N3O4S. The van der Waals surface area contributed by atoms with E-state index in [2.05, 4.69) is 14.9 Å². The summed E-state index contributed by atoms with van der Waals surface area (Å²) in [6.45, 7) is 1.94. The molecular weight excluding hydrogens is 294 g/mol. The standard InChI is InChI=1S/C13H15N3O4S/c1-9-12(6-14-16-9)7-15-21(19,20)8-10-3-2-4-11(5-10)13(17)18/h2-6,15H,7-8H2,1H3,(H,14,16)(H,17,18). The molecule has 0 aliphatic heterocycles. The van der Waals surface area contributed by atoms with Gasteiger partial charge in [0.2, 0.25) is 10.0 Å². The first-order valence-corrected chi connectivity index (χ1v) is 7.81. The number of carbonyl (C=O) groups is 1. The zero-order valence-electron chi connectivity index (χ0n) is 11.3. The third kappa shape index (κ3) is 4.14. The van der Waals surface area contributed by atoms with E-state index < -0.39 is 16.0 Å². The van der Waals surface area contributed by atoms with Crippen LogP contribution in [0.15, 0.2) is 30.5 Å². The van der Waals surface area contributed by atoms with Gasteiger partial charge >= 0.3 is 5.97 Å². The van der Waals surface area contributed by atoms with Crippen LogP contribution in [-0.4, -0.2) is 29.7 Å². The fourth-order valence-corrected chi connectivity index (χ4v) is 2.90. The highest BCUT2D eigenvalue weighted by Gasteiger charge is 2.14. The number of benzene rings is 1. The molecule has 0 spiro atoms. The Morgan fingerprint density at radius 3 is 2.81 bits per heavy atom. The number of hydrogen-bond donors (Lipinski definition) is 3. The van der Waals surface area contributed by atoms with Crippen molar-refractivity contribution in [2.75, 3.05) is 0 Å². The molecule has 0 radical (unpaired) electrons. The van der Waals surface area contributed by atoms with Crippen molar-refractivity contribution in [3.8, 4) is 0 Å². The number of rotatable bonds is 6. The Balaban J connectivity index is 2.05. The van der Waals surface area contributed by atoms with Crippen LogP contribution in [0.25, 0.3) is 0 Å². The summed E-state index contributed by atoms with van der Waals surface area (Å²) < 4.78 is 26.5. The first-order chi connectivity index (χ1) is 9.87. The minimum Gasteiger partial charge on any atom is -0.478 e. The second kappa shape index (κ2) is 6.06. The normalized spacial score (nSPS) is 11.5. The number of carboxylic acid groups (broad SMARTS) is 1. The number of aromatic nitrogens is 2. The highest BCUT2D eigenvalue weighted by molar-refractivity contribution is 7.88. The predicted octanol–water partition coefficient (Wildman–Crippen LogP) is 1.04. The highest BCUT2D eigenvalue weighted by Crippen LogP contribution is 2.10. The number of aryl methyl sites for hydroxylation is 1. The molecule has 0 amide bonds. The Morgan fingerprint density at radius 2 is 2.19 bits per heavy atom. The van der Waals surface area contributed by atoms with Gasteiger partial charge in [0, 0.05) is 17.8 Å². The molecule has 112 valence electrons. The molecule has 8 heteroatoms. The second-order valence-electron chi connectivity index (χ2n) is 4.61. The lowest BCUT2D eigenvalue weighted by atomic mass is 10.1. The van der Waals surface area contributed by atoms with Crippen molar-refractivity contribution in [2.45, 2.75) is 19.2 Å². The minimum absolute atomic E-state index is 0.0633. The van der Waals surface area contributed by atoms with Crippen LogP contribution in [0.5, 0.6) is 0 Å². The third-order valence-electron chi connectivity index (χ3n) is 2.95. The Kier molecular flexibility index (Phi) is 4.39. The van der Waals surface area contributed by atoms with Gasteiger partial charge in [0.25, 0.3) is 0 Å². The van der Waals surface area contributed by atoms with Crippen molar-refractivity contribution < 1.29 is 18.3 Å². The van der Waals surface area contributed by atoms with Gasteiger partial charge in [-0.1, -0.05) is 12.1 Å². The van der Waals surface area contributed by atoms with Gasteiger partial charge in [-0.15, -0.1) is 0 Å². The first-order valence-electron chi connectivity index (χ1n) is 6.16. The summed E-state index contributed by atoms with van der Waals surface area (Å²) in [4.78, 5) is 10.9. The van der Waals surface area contributed by atoms with Crippen molar-refractivity contribution in [3.05, 3.63) is 52.8 Å². The van der Waals surface area contributed by atoms with Gasteiger partial charge in [0.1, 0.15) is 0 Å². The van der Waals surface area contributed by atoms with Crippen LogP contribution >= 0.6 is 0 Å². The smallest absolute Gasteiger partial charge is 0.335 e. The molecule has 0 fully saturated rings. The number of aromatic amines is 1. The van der Waals surface area contributed by atoms with E-state index in [4.69, 9.17) is 5.11 Å². The quantitative estimate of drug-likeness (QED) is 0.738. The van der Waals surface area contributed by atoms with E-state index >= 15 is 0 Å². The van der Waals surface area contributed by atoms with E-state index in [0.717, 1.165) is 11.3 Å². The fraction of sp³-hybridized carbons (Fsp3) is 0.231. The van der Waals surface area contributed by atoms with E-state index in [9.17, 15) is 13.2 Å². The molecule has 3 N–H and O–H groups in total. The van der Waals surface area contributed by atoms with Crippen LogP contribution in [0.3, 0.4) is 0 Å². The van der Waals surface area contributed by atoms with Crippen LogP contribution in [0.4, 0.5) is 0 Å². The predicted molar refractivity (Wildman–Crippen MR) is 76.2 cm³/mol. The summed E-state index contributed by atoms with van der Waals surface area (Å²) >= 11 is 0. The molecule has 0 saturated carbocycles. The number of carboxylic acids is 1. The third-order valence-corrected chi connectivity index (χ3v) is 4.25. The van der Waals surface area contributed by atoms with E-state index in [1.54, 1.807) is 19.2 Å². The Morgan fingerprint density at radius 1 is 1.43 bits per heavy atom. The highest BCUT2D eigenvalue weighted by atomic mass is 32.2. The number of nitrogens with zero attached hydrogens (tertiary/aromatic N) is 1. The maximum Gasteiger partial charge on any atom is 0.335 e. The van der Waals surface area contributed by atoms with Crippen molar-refractivity contribution in [2.24, 2.45) is 0 Å². The molecule has 1 aromatic heterocycles. The van der Waals surface area contributed by atoms with Crippen LogP contribution in [0.2, 0.25) is 0 Å². The van der Waals surface area contributed by atoms with Gasteiger partial charge in [-0.25, -0.2) is 17.9 Å². The number of nitrogens with one attached hydrogen (secondary N) is 2. The van der Waals surface area contributed by atoms with Crippen molar-refractivity contribution in [1.82, 2.24) is 14.9 Å². The summed E-state index contributed by atoms with van der Waals surface area (Å²) in [6, 6.07) is 5.87. The maximum absolute atomic E-state index is 12.0. The molecule has 1 heterocycles. The molecule has 0 aliphatic rings. The molecule has 0 atom stereocenters. The fourth-order valence-electron chi connectivity index (χ4n) is 1.81. The SMILES string of the molecule is Cc1[nH]ncc1CNS(=O)(=O)Cc1cccc(C(=O)O)c1. The molecule has 7 nitrogen and oxygen atoms in total. The number of sulfonamides is 1. The Bertz CT molecular complexity index is 752. The molecule has 2 rings (SSSR count). The number of hydrogen-bond acceptors (Lipinski definition) is 4. The topological polar surface area (TPSA) is 112 Å². The summed E-state index contributed by atoms with van der Waals surface area (Å²) in [5, 5.41) is 15.4. The second-order valence-corrected chi connectivity index (χ2v) is 6.41.